The molecule has 3 heterocycles. The number of aliphatic hydroxyl groups excluding tert-OH is 1. The zero-order chi connectivity index (χ0) is 8.72. The maximum Gasteiger partial charge on any atom is 0.308 e. The summed E-state index contributed by atoms with van der Waals surface area (Å²) in [4.78, 5) is 12.8. The monoisotopic (exact) mass is 171 g/mol. The van der Waals surface area contributed by atoms with Gasteiger partial charge in [0.2, 0.25) is 0 Å². The molecule has 4 nitrogen and oxygen atoms in total. The summed E-state index contributed by atoms with van der Waals surface area (Å²) in [6.45, 7) is 2.23. The SMILES string of the molecule is O=C(O)C1CN2CCC1C(O)C2. The number of fused-ring (bicyclic) bond motifs is 3. The summed E-state index contributed by atoms with van der Waals surface area (Å²) >= 11 is 0. The zero-order valence-electron chi connectivity index (χ0n) is 6.81. The summed E-state index contributed by atoms with van der Waals surface area (Å²) < 4.78 is 0. The van der Waals surface area contributed by atoms with Gasteiger partial charge in [-0.25, -0.2) is 0 Å². The second-order valence-corrected chi connectivity index (χ2v) is 3.72. The first-order chi connectivity index (χ1) is 5.68. The van der Waals surface area contributed by atoms with E-state index in [1.165, 1.54) is 0 Å². The quantitative estimate of drug-likeness (QED) is 0.552. The van der Waals surface area contributed by atoms with Gasteiger partial charge in [0, 0.05) is 19.0 Å². The number of aliphatic carboxylic acids is 1. The zero-order valence-corrected chi connectivity index (χ0v) is 6.81. The Morgan fingerprint density at radius 3 is 2.58 bits per heavy atom. The molecule has 0 radical (unpaired) electrons. The van der Waals surface area contributed by atoms with E-state index in [4.69, 9.17) is 5.11 Å². The molecule has 4 heteroatoms. The summed E-state index contributed by atoms with van der Waals surface area (Å²) in [5.41, 5.74) is 0. The first-order valence-electron chi connectivity index (χ1n) is 4.31. The second kappa shape index (κ2) is 2.71. The molecule has 3 aliphatic rings. The van der Waals surface area contributed by atoms with Crippen LogP contribution in [0.5, 0.6) is 0 Å². The van der Waals surface area contributed by atoms with Crippen molar-refractivity contribution in [1.29, 1.82) is 0 Å². The van der Waals surface area contributed by atoms with Crippen molar-refractivity contribution in [3.63, 3.8) is 0 Å². The second-order valence-electron chi connectivity index (χ2n) is 3.72. The number of rotatable bonds is 1. The standard InChI is InChI=1S/C8H13NO3/c10-7-4-9-2-1-5(7)6(3-9)8(11)12/h5-7,10H,1-4H2,(H,11,12). The fourth-order valence-electron chi connectivity index (χ4n) is 2.33. The lowest BCUT2D eigenvalue weighted by Gasteiger charge is -2.45. The lowest BCUT2D eigenvalue weighted by Crippen LogP contribution is -2.57. The van der Waals surface area contributed by atoms with Gasteiger partial charge >= 0.3 is 5.97 Å². The van der Waals surface area contributed by atoms with E-state index in [0.717, 1.165) is 13.0 Å². The smallest absolute Gasteiger partial charge is 0.308 e. The molecule has 0 aliphatic carbocycles. The summed E-state index contributed by atoms with van der Waals surface area (Å²) in [6, 6.07) is 0. The average Bonchev–Trinajstić information content (AvgIpc) is 2.04. The first kappa shape index (κ1) is 8.01. The Morgan fingerprint density at radius 2 is 2.17 bits per heavy atom. The molecule has 4 atom stereocenters. The molecule has 68 valence electrons. The summed E-state index contributed by atoms with van der Waals surface area (Å²) in [7, 11) is 0. The Labute approximate surface area is 70.8 Å². The lowest BCUT2D eigenvalue weighted by molar-refractivity contribution is -0.154. The number of hydrogen-bond acceptors (Lipinski definition) is 3. The maximum atomic E-state index is 10.8. The van der Waals surface area contributed by atoms with E-state index in [1.807, 2.05) is 4.90 Å². The number of carbonyl (C=O) groups is 1. The van der Waals surface area contributed by atoms with Crippen molar-refractivity contribution in [1.82, 2.24) is 4.90 Å². The molecule has 3 aliphatic heterocycles. The number of aliphatic hydroxyl groups is 1. The molecule has 0 saturated carbocycles. The highest BCUT2D eigenvalue weighted by molar-refractivity contribution is 5.71. The van der Waals surface area contributed by atoms with Crippen molar-refractivity contribution in [2.24, 2.45) is 11.8 Å². The van der Waals surface area contributed by atoms with Crippen LogP contribution in [-0.2, 0) is 4.79 Å². The minimum Gasteiger partial charge on any atom is -0.481 e. The highest BCUT2D eigenvalue weighted by Gasteiger charge is 2.43. The van der Waals surface area contributed by atoms with Crippen LogP contribution in [0.25, 0.3) is 0 Å². The predicted octanol–water partition coefficient (Wildman–Crippen LogP) is -0.616. The molecule has 3 saturated heterocycles. The van der Waals surface area contributed by atoms with Crippen LogP contribution in [0, 0.1) is 11.8 Å². The number of carboxylic acid groups (broad SMARTS) is 1. The fraction of sp³-hybridized carbons (Fsp3) is 0.875. The Hall–Kier alpha value is -0.610. The Kier molecular flexibility index (Phi) is 1.81. The number of carboxylic acids is 1. The molecule has 0 amide bonds. The fourth-order valence-corrected chi connectivity index (χ4v) is 2.33. The molecule has 4 unspecified atom stereocenters. The van der Waals surface area contributed by atoms with Crippen molar-refractivity contribution in [3.8, 4) is 0 Å². The Morgan fingerprint density at radius 1 is 1.42 bits per heavy atom. The number of hydrogen-bond donors (Lipinski definition) is 2. The average molecular weight is 171 g/mol. The highest BCUT2D eigenvalue weighted by atomic mass is 16.4. The predicted molar refractivity (Wildman–Crippen MR) is 41.7 cm³/mol. The number of nitrogens with zero attached hydrogens (tertiary/aromatic N) is 1. The number of piperidine rings is 3. The van der Waals surface area contributed by atoms with Gasteiger partial charge in [0.25, 0.3) is 0 Å². The van der Waals surface area contributed by atoms with E-state index in [0.29, 0.717) is 13.1 Å². The topological polar surface area (TPSA) is 60.8 Å². The van der Waals surface area contributed by atoms with E-state index < -0.39 is 12.1 Å². The van der Waals surface area contributed by atoms with Crippen LogP contribution in [0.3, 0.4) is 0 Å². The van der Waals surface area contributed by atoms with Gasteiger partial charge in [0.15, 0.2) is 0 Å². The minimum atomic E-state index is -0.761. The third-order valence-electron chi connectivity index (χ3n) is 3.01. The minimum absolute atomic E-state index is 0.00694. The third-order valence-corrected chi connectivity index (χ3v) is 3.01. The Balaban J connectivity index is 2.14. The molecular weight excluding hydrogens is 158 g/mol. The van der Waals surface area contributed by atoms with Crippen LogP contribution in [0.4, 0.5) is 0 Å². The summed E-state index contributed by atoms with van der Waals surface area (Å²) in [6.07, 6.45) is 0.409. The van der Waals surface area contributed by atoms with Crippen LogP contribution in [0.1, 0.15) is 6.42 Å². The van der Waals surface area contributed by atoms with Crippen LogP contribution >= 0.6 is 0 Å². The van der Waals surface area contributed by atoms with Gasteiger partial charge in [0.05, 0.1) is 12.0 Å². The van der Waals surface area contributed by atoms with Crippen LogP contribution in [0.15, 0.2) is 0 Å². The van der Waals surface area contributed by atoms with Crippen LogP contribution in [-0.4, -0.2) is 46.8 Å². The van der Waals surface area contributed by atoms with Crippen molar-refractivity contribution < 1.29 is 15.0 Å². The van der Waals surface area contributed by atoms with E-state index >= 15 is 0 Å². The van der Waals surface area contributed by atoms with Gasteiger partial charge in [-0.1, -0.05) is 0 Å². The van der Waals surface area contributed by atoms with Gasteiger partial charge < -0.3 is 10.2 Å². The van der Waals surface area contributed by atoms with E-state index in [1.54, 1.807) is 0 Å². The van der Waals surface area contributed by atoms with Gasteiger partial charge in [-0.15, -0.1) is 0 Å². The van der Waals surface area contributed by atoms with Crippen molar-refractivity contribution >= 4 is 5.97 Å². The van der Waals surface area contributed by atoms with Gasteiger partial charge in [-0.3, -0.25) is 9.69 Å². The van der Waals surface area contributed by atoms with Crippen molar-refractivity contribution in [2.45, 2.75) is 12.5 Å². The largest absolute Gasteiger partial charge is 0.481 e. The van der Waals surface area contributed by atoms with Crippen molar-refractivity contribution in [3.05, 3.63) is 0 Å². The van der Waals surface area contributed by atoms with E-state index in [2.05, 4.69) is 0 Å². The summed E-state index contributed by atoms with van der Waals surface area (Å²) in [5, 5.41) is 18.4. The molecule has 0 aromatic rings. The molecule has 2 N–H and O–H groups in total. The maximum absolute atomic E-state index is 10.8. The van der Waals surface area contributed by atoms with Gasteiger partial charge in [0.1, 0.15) is 0 Å². The molecule has 0 aromatic heterocycles. The van der Waals surface area contributed by atoms with Crippen molar-refractivity contribution in [2.75, 3.05) is 19.6 Å². The third kappa shape index (κ3) is 1.11. The highest BCUT2D eigenvalue weighted by Crippen LogP contribution is 2.32. The molecule has 12 heavy (non-hydrogen) atoms. The van der Waals surface area contributed by atoms with Crippen LogP contribution < -0.4 is 0 Å². The molecule has 3 rings (SSSR count). The molecular formula is C8H13NO3. The molecule has 0 aromatic carbocycles. The Bertz CT molecular complexity index is 206. The molecule has 3 fully saturated rings. The first-order valence-corrected chi connectivity index (χ1v) is 4.31. The lowest BCUT2D eigenvalue weighted by atomic mass is 9.77. The van der Waals surface area contributed by atoms with Gasteiger partial charge in [-0.05, 0) is 13.0 Å². The van der Waals surface area contributed by atoms with Gasteiger partial charge in [-0.2, -0.15) is 0 Å². The van der Waals surface area contributed by atoms with Crippen LogP contribution in [0.2, 0.25) is 0 Å². The van der Waals surface area contributed by atoms with E-state index in [9.17, 15) is 9.90 Å². The molecule has 2 bridgehead atoms. The van der Waals surface area contributed by atoms with E-state index in [-0.39, 0.29) is 11.8 Å². The normalized spacial score (nSPS) is 46.1. The summed E-state index contributed by atoms with van der Waals surface area (Å²) in [5.74, 6) is -1.11. The molecule has 0 spiro atoms.